The average Bonchev–Trinajstić information content (AvgIpc) is 2.54. The average molecular weight is 185 g/mol. The van der Waals surface area contributed by atoms with Crippen LogP contribution in [0.3, 0.4) is 0 Å². The molecule has 0 saturated carbocycles. The summed E-state index contributed by atoms with van der Waals surface area (Å²) in [5.41, 5.74) is 0. The van der Waals surface area contributed by atoms with E-state index in [-0.39, 0.29) is 18.7 Å². The SMILES string of the molecule is CCOC(=O)N1CC=C[C@@H]1CCO. The van der Waals surface area contributed by atoms with Gasteiger partial charge in [-0.25, -0.2) is 4.79 Å². The van der Waals surface area contributed by atoms with Crippen LogP contribution in [0.15, 0.2) is 12.2 Å². The first kappa shape index (κ1) is 10.1. The molecule has 1 aliphatic rings. The summed E-state index contributed by atoms with van der Waals surface area (Å²) < 4.78 is 4.87. The summed E-state index contributed by atoms with van der Waals surface area (Å²) in [7, 11) is 0. The number of hydrogen-bond acceptors (Lipinski definition) is 3. The highest BCUT2D eigenvalue weighted by Crippen LogP contribution is 2.13. The number of aliphatic hydroxyl groups excluding tert-OH is 1. The molecule has 4 nitrogen and oxygen atoms in total. The molecule has 0 saturated heterocycles. The number of amides is 1. The third-order valence-electron chi connectivity index (χ3n) is 1.99. The van der Waals surface area contributed by atoms with Gasteiger partial charge >= 0.3 is 6.09 Å². The minimum absolute atomic E-state index is 0.00375. The van der Waals surface area contributed by atoms with E-state index in [1.165, 1.54) is 0 Å². The van der Waals surface area contributed by atoms with E-state index in [0.29, 0.717) is 19.6 Å². The van der Waals surface area contributed by atoms with Crippen molar-refractivity contribution in [2.24, 2.45) is 0 Å². The fourth-order valence-corrected chi connectivity index (χ4v) is 1.37. The summed E-state index contributed by atoms with van der Waals surface area (Å²) in [6.45, 7) is 2.85. The molecule has 0 aromatic carbocycles. The second-order valence-corrected chi connectivity index (χ2v) is 2.86. The molecule has 0 aromatic rings. The molecule has 0 fully saturated rings. The van der Waals surface area contributed by atoms with Gasteiger partial charge in [-0.05, 0) is 13.3 Å². The minimum Gasteiger partial charge on any atom is -0.450 e. The van der Waals surface area contributed by atoms with Crippen molar-refractivity contribution in [3.8, 4) is 0 Å². The Morgan fingerprint density at radius 1 is 1.77 bits per heavy atom. The monoisotopic (exact) mass is 185 g/mol. The highest BCUT2D eigenvalue weighted by atomic mass is 16.6. The van der Waals surface area contributed by atoms with Crippen LogP contribution in [-0.4, -0.2) is 41.9 Å². The first-order valence-electron chi connectivity index (χ1n) is 4.50. The van der Waals surface area contributed by atoms with E-state index in [9.17, 15) is 4.79 Å². The van der Waals surface area contributed by atoms with Gasteiger partial charge in [-0.1, -0.05) is 12.2 Å². The number of carbonyl (C=O) groups excluding carboxylic acids is 1. The van der Waals surface area contributed by atoms with E-state index in [1.807, 2.05) is 12.2 Å². The zero-order chi connectivity index (χ0) is 9.68. The van der Waals surface area contributed by atoms with Crippen molar-refractivity contribution in [3.05, 3.63) is 12.2 Å². The van der Waals surface area contributed by atoms with E-state index in [0.717, 1.165) is 0 Å². The molecule has 1 rings (SSSR count). The minimum atomic E-state index is -0.300. The fourth-order valence-electron chi connectivity index (χ4n) is 1.37. The number of carbonyl (C=O) groups is 1. The van der Waals surface area contributed by atoms with Crippen molar-refractivity contribution in [3.63, 3.8) is 0 Å². The molecule has 1 atom stereocenters. The van der Waals surface area contributed by atoms with Crippen molar-refractivity contribution in [1.82, 2.24) is 4.90 Å². The van der Waals surface area contributed by atoms with Crippen molar-refractivity contribution >= 4 is 6.09 Å². The zero-order valence-corrected chi connectivity index (χ0v) is 7.77. The van der Waals surface area contributed by atoms with Gasteiger partial charge in [-0.15, -0.1) is 0 Å². The summed E-state index contributed by atoms with van der Waals surface area (Å²) >= 11 is 0. The lowest BCUT2D eigenvalue weighted by atomic mass is 10.2. The molecule has 4 heteroatoms. The summed E-state index contributed by atoms with van der Waals surface area (Å²) in [6.07, 6.45) is 4.12. The molecular weight excluding hydrogens is 170 g/mol. The second-order valence-electron chi connectivity index (χ2n) is 2.86. The third-order valence-corrected chi connectivity index (χ3v) is 1.99. The number of nitrogens with zero attached hydrogens (tertiary/aromatic N) is 1. The molecule has 0 radical (unpaired) electrons. The summed E-state index contributed by atoms with van der Waals surface area (Å²) in [6, 6.07) is 0.00375. The Labute approximate surface area is 77.8 Å². The quantitative estimate of drug-likeness (QED) is 0.660. The molecule has 1 aliphatic heterocycles. The van der Waals surface area contributed by atoms with Gasteiger partial charge in [-0.2, -0.15) is 0 Å². The highest BCUT2D eigenvalue weighted by Gasteiger charge is 2.24. The molecule has 1 N–H and O–H groups in total. The highest BCUT2D eigenvalue weighted by molar-refractivity contribution is 5.69. The first-order valence-corrected chi connectivity index (χ1v) is 4.50. The largest absolute Gasteiger partial charge is 0.450 e. The van der Waals surface area contributed by atoms with Crippen LogP contribution >= 0.6 is 0 Å². The van der Waals surface area contributed by atoms with Gasteiger partial charge in [0.25, 0.3) is 0 Å². The normalized spacial score (nSPS) is 20.8. The Morgan fingerprint density at radius 2 is 2.54 bits per heavy atom. The Kier molecular flexibility index (Phi) is 3.76. The second kappa shape index (κ2) is 4.87. The van der Waals surface area contributed by atoms with Gasteiger partial charge < -0.3 is 9.84 Å². The number of ether oxygens (including phenoxy) is 1. The van der Waals surface area contributed by atoms with Gasteiger partial charge in [0.2, 0.25) is 0 Å². The summed E-state index contributed by atoms with van der Waals surface area (Å²) in [5.74, 6) is 0. The van der Waals surface area contributed by atoms with E-state index in [1.54, 1.807) is 11.8 Å². The Hall–Kier alpha value is -1.03. The number of rotatable bonds is 3. The molecule has 0 aromatic heterocycles. The Balaban J connectivity index is 2.45. The molecule has 0 spiro atoms. The summed E-state index contributed by atoms with van der Waals surface area (Å²) in [5, 5.41) is 8.74. The molecule has 74 valence electrons. The number of hydrogen-bond donors (Lipinski definition) is 1. The smallest absolute Gasteiger partial charge is 0.410 e. The Morgan fingerprint density at radius 3 is 3.15 bits per heavy atom. The van der Waals surface area contributed by atoms with Gasteiger partial charge in [0, 0.05) is 13.2 Å². The van der Waals surface area contributed by atoms with Crippen LogP contribution in [0.5, 0.6) is 0 Å². The van der Waals surface area contributed by atoms with Crippen molar-refractivity contribution in [2.45, 2.75) is 19.4 Å². The first-order chi connectivity index (χ1) is 6.29. The maximum Gasteiger partial charge on any atom is 0.410 e. The molecule has 0 bridgehead atoms. The van der Waals surface area contributed by atoms with E-state index >= 15 is 0 Å². The third kappa shape index (κ3) is 2.45. The maximum absolute atomic E-state index is 11.3. The predicted molar refractivity (Wildman–Crippen MR) is 48.4 cm³/mol. The fraction of sp³-hybridized carbons (Fsp3) is 0.667. The van der Waals surface area contributed by atoms with Crippen LogP contribution in [0.1, 0.15) is 13.3 Å². The lowest BCUT2D eigenvalue weighted by Gasteiger charge is -2.22. The standard InChI is InChI=1S/C9H15NO3/c1-2-13-9(12)10-6-3-4-8(10)5-7-11/h3-4,8,11H,2,5-7H2,1H3/t8-/m1/s1. The van der Waals surface area contributed by atoms with Gasteiger partial charge in [-0.3, -0.25) is 4.90 Å². The van der Waals surface area contributed by atoms with Crippen LogP contribution in [0.25, 0.3) is 0 Å². The van der Waals surface area contributed by atoms with Crippen molar-refractivity contribution < 1.29 is 14.6 Å². The van der Waals surface area contributed by atoms with Crippen LogP contribution in [0, 0.1) is 0 Å². The van der Waals surface area contributed by atoms with Gasteiger partial charge in [0.15, 0.2) is 0 Å². The van der Waals surface area contributed by atoms with Gasteiger partial charge in [0.05, 0.1) is 12.6 Å². The molecule has 13 heavy (non-hydrogen) atoms. The maximum atomic E-state index is 11.3. The van der Waals surface area contributed by atoms with Gasteiger partial charge in [0.1, 0.15) is 0 Å². The molecule has 0 unspecified atom stereocenters. The molecular formula is C9H15NO3. The molecule has 0 aliphatic carbocycles. The van der Waals surface area contributed by atoms with E-state index < -0.39 is 0 Å². The van der Waals surface area contributed by atoms with E-state index in [4.69, 9.17) is 9.84 Å². The molecule has 1 amide bonds. The number of aliphatic hydroxyl groups is 1. The topological polar surface area (TPSA) is 49.8 Å². The molecule has 1 heterocycles. The van der Waals surface area contributed by atoms with Crippen LogP contribution < -0.4 is 0 Å². The van der Waals surface area contributed by atoms with Crippen molar-refractivity contribution in [1.29, 1.82) is 0 Å². The predicted octanol–water partition coefficient (Wildman–Crippen LogP) is 0.766. The lowest BCUT2D eigenvalue weighted by molar-refractivity contribution is 0.101. The zero-order valence-electron chi connectivity index (χ0n) is 7.77. The van der Waals surface area contributed by atoms with Crippen molar-refractivity contribution in [2.75, 3.05) is 19.8 Å². The Bertz CT molecular complexity index is 203. The summed E-state index contributed by atoms with van der Waals surface area (Å²) in [4.78, 5) is 12.9. The van der Waals surface area contributed by atoms with Crippen LogP contribution in [0.4, 0.5) is 4.79 Å². The van der Waals surface area contributed by atoms with Crippen LogP contribution in [-0.2, 0) is 4.74 Å². The van der Waals surface area contributed by atoms with Crippen LogP contribution in [0.2, 0.25) is 0 Å². The van der Waals surface area contributed by atoms with E-state index in [2.05, 4.69) is 0 Å². The lowest BCUT2D eigenvalue weighted by Crippen LogP contribution is -2.37.